The predicted molar refractivity (Wildman–Crippen MR) is 124 cm³/mol. The van der Waals surface area contributed by atoms with Gasteiger partial charge in [0.1, 0.15) is 23.6 Å². The molecular formula is C21H22ClN5O6S. The molecule has 1 aliphatic heterocycles. The normalized spacial score (nSPS) is 15.7. The summed E-state index contributed by atoms with van der Waals surface area (Å²) in [5, 5.41) is 11.5. The lowest BCUT2D eigenvalue weighted by Crippen LogP contribution is -2.33. The Bertz CT molecular complexity index is 1140. The van der Waals surface area contributed by atoms with Crippen molar-refractivity contribution in [2.75, 3.05) is 46.0 Å². The summed E-state index contributed by atoms with van der Waals surface area (Å²) in [5.41, 5.74) is 2.05. The van der Waals surface area contributed by atoms with Gasteiger partial charge in [0.2, 0.25) is 5.13 Å². The maximum Gasteiger partial charge on any atom is 0.295 e. The summed E-state index contributed by atoms with van der Waals surface area (Å²) in [7, 11) is 3.08. The molecule has 13 heteroatoms. The van der Waals surface area contributed by atoms with Crippen molar-refractivity contribution < 1.29 is 28.5 Å². The van der Waals surface area contributed by atoms with Crippen molar-refractivity contribution in [3.05, 3.63) is 40.9 Å². The lowest BCUT2D eigenvalue weighted by molar-refractivity contribution is -0.101. The zero-order chi connectivity index (χ0) is 23.9. The summed E-state index contributed by atoms with van der Waals surface area (Å²) in [4.78, 5) is 21.5. The summed E-state index contributed by atoms with van der Waals surface area (Å²) in [6.45, 7) is 2.10. The molecule has 1 unspecified atom stereocenters. The molecule has 0 saturated carbocycles. The third-order valence-electron chi connectivity index (χ3n) is 4.75. The molecule has 0 spiro atoms. The van der Waals surface area contributed by atoms with Crippen molar-refractivity contribution in [3.8, 4) is 22.1 Å². The van der Waals surface area contributed by atoms with Crippen molar-refractivity contribution in [2.24, 2.45) is 0 Å². The topological polar surface area (TPSA) is 127 Å². The van der Waals surface area contributed by atoms with E-state index in [1.807, 2.05) is 0 Å². The fraction of sp³-hybridized carbons (Fsp3) is 0.381. The minimum absolute atomic E-state index is 0.169. The molecule has 3 aromatic rings. The summed E-state index contributed by atoms with van der Waals surface area (Å²) < 4.78 is 27.1. The summed E-state index contributed by atoms with van der Waals surface area (Å²) in [6.07, 6.45) is 2.79. The maximum absolute atomic E-state index is 13.2. The largest absolute Gasteiger partial charge is 0.494 e. The van der Waals surface area contributed by atoms with Gasteiger partial charge in [0.15, 0.2) is 0 Å². The maximum atomic E-state index is 13.2. The van der Waals surface area contributed by atoms with Crippen LogP contribution in [0, 0.1) is 0 Å². The SMILES string of the molecule is COCc1cc(-c2cc(Cl)ncc2OC)c(C(=O)Nc2nnc(OCC3COCCO3)s2)cn1. The minimum atomic E-state index is -0.437. The van der Waals surface area contributed by atoms with Gasteiger partial charge in [-0.05, 0) is 23.5 Å². The zero-order valence-electron chi connectivity index (χ0n) is 18.4. The molecule has 1 N–H and O–H groups in total. The van der Waals surface area contributed by atoms with Gasteiger partial charge in [-0.2, -0.15) is 0 Å². The van der Waals surface area contributed by atoms with Crippen molar-refractivity contribution in [1.82, 2.24) is 20.2 Å². The number of hydrogen-bond donors (Lipinski definition) is 1. The van der Waals surface area contributed by atoms with Gasteiger partial charge < -0.3 is 23.7 Å². The van der Waals surface area contributed by atoms with Crippen LogP contribution in [0.1, 0.15) is 16.1 Å². The quantitative estimate of drug-likeness (QED) is 0.432. The van der Waals surface area contributed by atoms with Gasteiger partial charge in [-0.1, -0.05) is 16.7 Å². The highest BCUT2D eigenvalue weighted by atomic mass is 35.5. The average Bonchev–Trinajstić information content (AvgIpc) is 3.30. The number of amides is 1. The number of hydrogen-bond acceptors (Lipinski definition) is 11. The van der Waals surface area contributed by atoms with E-state index in [1.165, 1.54) is 19.5 Å². The van der Waals surface area contributed by atoms with Crippen LogP contribution < -0.4 is 14.8 Å². The van der Waals surface area contributed by atoms with Gasteiger partial charge in [-0.25, -0.2) is 4.98 Å². The Labute approximate surface area is 204 Å². The number of rotatable bonds is 9. The third-order valence-corrected chi connectivity index (χ3v) is 5.70. The van der Waals surface area contributed by atoms with Crippen LogP contribution in [-0.4, -0.2) is 72.8 Å². The first kappa shape index (κ1) is 24.2. The van der Waals surface area contributed by atoms with Crippen molar-refractivity contribution >= 4 is 34.0 Å². The molecule has 1 amide bonds. The fourth-order valence-corrected chi connectivity index (χ4v) is 3.96. The number of aromatic nitrogens is 4. The molecule has 1 saturated heterocycles. The Kier molecular flexibility index (Phi) is 8.19. The Morgan fingerprint density at radius 3 is 2.85 bits per heavy atom. The first-order valence-corrected chi connectivity index (χ1v) is 11.4. The highest BCUT2D eigenvalue weighted by Gasteiger charge is 2.21. The second kappa shape index (κ2) is 11.5. The molecule has 0 aromatic carbocycles. The van der Waals surface area contributed by atoms with Gasteiger partial charge in [0.05, 0.1) is 51.0 Å². The Morgan fingerprint density at radius 1 is 1.21 bits per heavy atom. The molecule has 3 aromatic heterocycles. The van der Waals surface area contributed by atoms with E-state index in [0.29, 0.717) is 47.6 Å². The van der Waals surface area contributed by atoms with Crippen LogP contribution in [0.2, 0.25) is 5.15 Å². The van der Waals surface area contributed by atoms with Crippen LogP contribution in [0.4, 0.5) is 5.13 Å². The number of anilines is 1. The molecule has 11 nitrogen and oxygen atoms in total. The number of nitrogens with zero attached hydrogens (tertiary/aromatic N) is 4. The van der Waals surface area contributed by atoms with E-state index in [1.54, 1.807) is 19.2 Å². The highest BCUT2D eigenvalue weighted by molar-refractivity contribution is 7.17. The number of methoxy groups -OCH3 is 2. The average molecular weight is 508 g/mol. The predicted octanol–water partition coefficient (Wildman–Crippen LogP) is 2.85. The van der Waals surface area contributed by atoms with Crippen LogP contribution in [0.25, 0.3) is 11.1 Å². The van der Waals surface area contributed by atoms with E-state index >= 15 is 0 Å². The molecule has 180 valence electrons. The number of halogens is 1. The number of ether oxygens (including phenoxy) is 5. The Balaban J connectivity index is 1.54. The Hall–Kier alpha value is -2.90. The van der Waals surface area contributed by atoms with Gasteiger partial charge in [-0.15, -0.1) is 5.10 Å². The first-order valence-electron chi connectivity index (χ1n) is 10.2. The molecule has 34 heavy (non-hydrogen) atoms. The number of pyridine rings is 2. The van der Waals surface area contributed by atoms with Gasteiger partial charge >= 0.3 is 0 Å². The van der Waals surface area contributed by atoms with E-state index in [9.17, 15) is 4.79 Å². The minimum Gasteiger partial charge on any atom is -0.494 e. The lowest BCUT2D eigenvalue weighted by atomic mass is 10.00. The second-order valence-corrected chi connectivity index (χ2v) is 8.39. The summed E-state index contributed by atoms with van der Waals surface area (Å²) in [5.74, 6) is 0.0155. The monoisotopic (exact) mass is 507 g/mol. The van der Waals surface area contributed by atoms with Crippen molar-refractivity contribution in [1.29, 1.82) is 0 Å². The number of nitrogens with one attached hydrogen (secondary N) is 1. The van der Waals surface area contributed by atoms with Crippen LogP contribution in [0.3, 0.4) is 0 Å². The van der Waals surface area contributed by atoms with Gasteiger partial charge in [0.25, 0.3) is 11.1 Å². The van der Waals surface area contributed by atoms with E-state index in [2.05, 4.69) is 25.5 Å². The molecule has 0 radical (unpaired) electrons. The standard InChI is InChI=1S/C21H22ClN5O6S/c1-29-9-12-5-14(15-6-18(22)24-8-17(15)30-2)16(7-23-12)19(28)25-20-26-27-21(34-20)33-11-13-10-31-3-4-32-13/h5-8,13H,3-4,9-11H2,1-2H3,(H,25,26,28). The molecule has 4 heterocycles. The molecule has 0 aliphatic carbocycles. The summed E-state index contributed by atoms with van der Waals surface area (Å²) in [6, 6.07) is 3.37. The number of carbonyl (C=O) groups excluding carboxylic acids is 1. The third kappa shape index (κ3) is 5.96. The molecule has 1 atom stereocenters. The fourth-order valence-electron chi connectivity index (χ4n) is 3.20. The second-order valence-electron chi connectivity index (χ2n) is 7.07. The van der Waals surface area contributed by atoms with E-state index in [0.717, 1.165) is 11.3 Å². The van der Waals surface area contributed by atoms with Crippen molar-refractivity contribution in [3.63, 3.8) is 0 Å². The molecule has 4 rings (SSSR count). The van der Waals surface area contributed by atoms with Gasteiger partial charge in [-0.3, -0.25) is 15.1 Å². The molecule has 1 fully saturated rings. The van der Waals surface area contributed by atoms with Crippen molar-refractivity contribution in [2.45, 2.75) is 12.7 Å². The Morgan fingerprint density at radius 2 is 2.09 bits per heavy atom. The van der Waals surface area contributed by atoms with E-state index < -0.39 is 5.91 Å². The van der Waals surface area contributed by atoms with E-state index in [4.69, 9.17) is 35.3 Å². The molecular weight excluding hydrogens is 486 g/mol. The zero-order valence-corrected chi connectivity index (χ0v) is 20.0. The lowest BCUT2D eigenvalue weighted by Gasteiger charge is -2.22. The first-order chi connectivity index (χ1) is 16.6. The van der Waals surface area contributed by atoms with E-state index in [-0.39, 0.29) is 35.2 Å². The molecule has 0 bridgehead atoms. The van der Waals surface area contributed by atoms with Crippen LogP contribution in [-0.2, 0) is 20.8 Å². The smallest absolute Gasteiger partial charge is 0.295 e. The van der Waals surface area contributed by atoms with Crippen LogP contribution in [0.5, 0.6) is 10.9 Å². The summed E-state index contributed by atoms with van der Waals surface area (Å²) >= 11 is 7.22. The number of carbonyl (C=O) groups is 1. The van der Waals surface area contributed by atoms with Crippen LogP contribution >= 0.6 is 22.9 Å². The molecule has 1 aliphatic rings. The van der Waals surface area contributed by atoms with Crippen LogP contribution in [0.15, 0.2) is 24.5 Å². The highest BCUT2D eigenvalue weighted by Crippen LogP contribution is 2.34. The van der Waals surface area contributed by atoms with Gasteiger partial charge in [0, 0.05) is 24.4 Å².